The van der Waals surface area contributed by atoms with Gasteiger partial charge in [0.2, 0.25) is 0 Å². The van der Waals surface area contributed by atoms with Crippen LogP contribution in [0.3, 0.4) is 0 Å². The predicted octanol–water partition coefficient (Wildman–Crippen LogP) is 4.78. The van der Waals surface area contributed by atoms with Crippen LogP contribution in [0.1, 0.15) is 5.56 Å². The van der Waals surface area contributed by atoms with Gasteiger partial charge in [-0.3, -0.25) is 4.57 Å². The maximum Gasteiger partial charge on any atom is 0.165 e. The highest BCUT2D eigenvalue weighted by atomic mass is 79.9. The van der Waals surface area contributed by atoms with E-state index in [-0.39, 0.29) is 0 Å². The van der Waals surface area contributed by atoms with Gasteiger partial charge in [-0.2, -0.15) is 0 Å². The van der Waals surface area contributed by atoms with Crippen molar-refractivity contribution in [2.45, 2.75) is 11.4 Å². The van der Waals surface area contributed by atoms with Gasteiger partial charge in [0.25, 0.3) is 0 Å². The summed E-state index contributed by atoms with van der Waals surface area (Å²) in [5, 5.41) is 0. The maximum atomic E-state index is 13.4. The number of nitrogens with zero attached hydrogens (tertiary/aromatic N) is 4. The molecule has 0 fully saturated rings. The topological polar surface area (TPSA) is 98.7 Å². The zero-order valence-electron chi connectivity index (χ0n) is 17.7. The van der Waals surface area contributed by atoms with Crippen molar-refractivity contribution < 1.29 is 8.60 Å². The Morgan fingerprint density at radius 1 is 1.06 bits per heavy atom. The first-order valence-electron chi connectivity index (χ1n) is 10.2. The molecular weight excluding hydrogens is 519 g/mol. The molecule has 34 heavy (non-hydrogen) atoms. The number of benzene rings is 2. The normalized spacial score (nSPS) is 12.2. The predicted molar refractivity (Wildman–Crippen MR) is 134 cm³/mol. The number of halogens is 2. The molecule has 0 radical (unpaired) electrons. The molecule has 0 amide bonds. The van der Waals surface area contributed by atoms with Crippen LogP contribution in [0.4, 0.5) is 10.2 Å². The van der Waals surface area contributed by atoms with Gasteiger partial charge in [0.15, 0.2) is 11.5 Å². The SMILES string of the molecule is Nc1ncccc1-c1nc2cc(Br)cnc2n1-c1ccc(CNS(=O)c2cccc(F)c2)cc1. The molecule has 0 bridgehead atoms. The van der Waals surface area contributed by atoms with Crippen LogP contribution in [0.5, 0.6) is 0 Å². The van der Waals surface area contributed by atoms with Crippen LogP contribution in [0.2, 0.25) is 0 Å². The Morgan fingerprint density at radius 3 is 2.65 bits per heavy atom. The van der Waals surface area contributed by atoms with Crippen LogP contribution in [0.15, 0.2) is 88.5 Å². The van der Waals surface area contributed by atoms with Gasteiger partial charge in [0.1, 0.15) is 28.1 Å². The van der Waals surface area contributed by atoms with Crippen molar-refractivity contribution in [2.24, 2.45) is 0 Å². The molecule has 3 aromatic heterocycles. The van der Waals surface area contributed by atoms with Crippen LogP contribution >= 0.6 is 15.9 Å². The van der Waals surface area contributed by atoms with E-state index in [2.05, 4.69) is 30.6 Å². The zero-order chi connectivity index (χ0) is 23.7. The number of aromatic nitrogens is 4. The first kappa shape index (κ1) is 22.3. The Kier molecular flexibility index (Phi) is 6.18. The Bertz CT molecular complexity index is 1520. The van der Waals surface area contributed by atoms with Gasteiger partial charge in [-0.25, -0.2) is 28.3 Å². The monoisotopic (exact) mass is 536 g/mol. The highest BCUT2D eigenvalue weighted by molar-refractivity contribution is 9.10. The number of rotatable bonds is 6. The highest BCUT2D eigenvalue weighted by Crippen LogP contribution is 2.31. The number of anilines is 1. The number of hydrogen-bond donors (Lipinski definition) is 2. The van der Waals surface area contributed by atoms with Crippen molar-refractivity contribution in [1.82, 2.24) is 24.2 Å². The van der Waals surface area contributed by atoms with E-state index in [1.54, 1.807) is 18.5 Å². The summed E-state index contributed by atoms with van der Waals surface area (Å²) in [6, 6.07) is 19.0. The Labute approximate surface area is 205 Å². The lowest BCUT2D eigenvalue weighted by molar-refractivity contribution is 0.622. The molecule has 0 spiro atoms. The van der Waals surface area contributed by atoms with Gasteiger partial charge in [-0.05, 0) is 70.0 Å². The minimum absolute atomic E-state index is 0.349. The van der Waals surface area contributed by atoms with E-state index >= 15 is 0 Å². The lowest BCUT2D eigenvalue weighted by atomic mass is 10.2. The summed E-state index contributed by atoms with van der Waals surface area (Å²) in [7, 11) is -1.52. The summed E-state index contributed by atoms with van der Waals surface area (Å²) < 4.78 is 31.5. The Morgan fingerprint density at radius 2 is 1.88 bits per heavy atom. The van der Waals surface area contributed by atoms with Gasteiger partial charge in [0.05, 0.1) is 10.5 Å². The second kappa shape index (κ2) is 9.41. The van der Waals surface area contributed by atoms with E-state index in [1.807, 2.05) is 47.0 Å². The summed E-state index contributed by atoms with van der Waals surface area (Å²) in [6.45, 7) is 0.349. The van der Waals surface area contributed by atoms with Crippen LogP contribution in [-0.4, -0.2) is 23.7 Å². The molecule has 0 aliphatic carbocycles. The Hall–Kier alpha value is -3.47. The maximum absolute atomic E-state index is 13.4. The van der Waals surface area contributed by atoms with Crippen molar-refractivity contribution >= 4 is 43.9 Å². The number of fused-ring (bicyclic) bond motifs is 1. The highest BCUT2D eigenvalue weighted by Gasteiger charge is 2.18. The molecule has 170 valence electrons. The third-order valence-electron chi connectivity index (χ3n) is 5.16. The van der Waals surface area contributed by atoms with Crippen LogP contribution < -0.4 is 10.5 Å². The van der Waals surface area contributed by atoms with E-state index < -0.39 is 16.8 Å². The molecule has 1 unspecified atom stereocenters. The molecule has 0 saturated heterocycles. The fraction of sp³-hybridized carbons (Fsp3) is 0.0417. The number of nitrogens with two attached hydrogens (primary N) is 1. The van der Waals surface area contributed by atoms with E-state index in [1.165, 1.54) is 18.2 Å². The average Bonchev–Trinajstić information content (AvgIpc) is 3.21. The molecule has 10 heteroatoms. The molecule has 3 N–H and O–H groups in total. The van der Waals surface area contributed by atoms with E-state index in [9.17, 15) is 8.60 Å². The summed E-state index contributed by atoms with van der Waals surface area (Å²) in [6.07, 6.45) is 3.35. The van der Waals surface area contributed by atoms with Gasteiger partial charge >= 0.3 is 0 Å². The fourth-order valence-corrected chi connectivity index (χ4v) is 4.76. The lowest BCUT2D eigenvalue weighted by Crippen LogP contribution is -2.16. The number of imidazole rings is 1. The van der Waals surface area contributed by atoms with Crippen molar-refractivity contribution in [3.8, 4) is 17.1 Å². The molecule has 0 aliphatic rings. The minimum Gasteiger partial charge on any atom is -0.383 e. The zero-order valence-corrected chi connectivity index (χ0v) is 20.1. The van der Waals surface area contributed by atoms with Crippen LogP contribution in [0, 0.1) is 5.82 Å². The summed E-state index contributed by atoms with van der Waals surface area (Å²) in [5.41, 5.74) is 9.99. The molecule has 2 aromatic carbocycles. The second-order valence-electron chi connectivity index (χ2n) is 7.42. The van der Waals surface area contributed by atoms with E-state index in [0.29, 0.717) is 39.8 Å². The minimum atomic E-state index is -1.52. The van der Waals surface area contributed by atoms with Crippen molar-refractivity contribution in [3.05, 3.63) is 95.0 Å². The number of nitrogen functional groups attached to an aromatic ring is 1. The molecule has 3 heterocycles. The van der Waals surface area contributed by atoms with Gasteiger partial charge in [0, 0.05) is 29.1 Å². The first-order chi connectivity index (χ1) is 16.5. The van der Waals surface area contributed by atoms with Gasteiger partial charge < -0.3 is 5.73 Å². The summed E-state index contributed by atoms with van der Waals surface area (Å²) in [5.74, 6) is 0.582. The average molecular weight is 537 g/mol. The number of pyridine rings is 2. The molecule has 0 saturated carbocycles. The fourth-order valence-electron chi connectivity index (χ4n) is 3.55. The smallest absolute Gasteiger partial charge is 0.165 e. The van der Waals surface area contributed by atoms with Crippen molar-refractivity contribution in [1.29, 1.82) is 0 Å². The van der Waals surface area contributed by atoms with Crippen LogP contribution in [-0.2, 0) is 17.5 Å². The lowest BCUT2D eigenvalue weighted by Gasteiger charge is -2.11. The van der Waals surface area contributed by atoms with E-state index in [0.717, 1.165) is 15.7 Å². The third kappa shape index (κ3) is 4.47. The van der Waals surface area contributed by atoms with Crippen molar-refractivity contribution in [2.75, 3.05) is 5.73 Å². The third-order valence-corrected chi connectivity index (χ3v) is 6.68. The quantitative estimate of drug-likeness (QED) is 0.325. The number of nitrogens with one attached hydrogen (secondary N) is 1. The van der Waals surface area contributed by atoms with Gasteiger partial charge in [-0.1, -0.05) is 18.2 Å². The Balaban J connectivity index is 1.46. The van der Waals surface area contributed by atoms with Gasteiger partial charge in [-0.15, -0.1) is 0 Å². The molecule has 5 aromatic rings. The van der Waals surface area contributed by atoms with E-state index in [4.69, 9.17) is 10.7 Å². The van der Waals surface area contributed by atoms with Crippen molar-refractivity contribution in [3.63, 3.8) is 0 Å². The molecular formula is C24H18BrFN6OS. The van der Waals surface area contributed by atoms with Crippen LogP contribution in [0.25, 0.3) is 28.2 Å². The largest absolute Gasteiger partial charge is 0.383 e. The standard InChI is InChI=1S/C24H18BrFN6OS/c25-16-11-21-24(29-14-16)32(23(31-21)20-5-2-10-28-22(20)27)18-8-6-15(7-9-18)13-30-34(33)19-4-1-3-17(26)12-19/h1-12,14,30H,13H2,(H2,27,28). The molecule has 5 rings (SSSR count). The molecule has 1 atom stereocenters. The molecule has 0 aliphatic heterocycles. The second-order valence-corrected chi connectivity index (χ2v) is 9.63. The number of hydrogen-bond acceptors (Lipinski definition) is 5. The summed E-state index contributed by atoms with van der Waals surface area (Å²) >= 11 is 3.45. The molecule has 7 nitrogen and oxygen atoms in total. The summed E-state index contributed by atoms with van der Waals surface area (Å²) in [4.78, 5) is 13.9. The first-order valence-corrected chi connectivity index (χ1v) is 12.2.